The monoisotopic (exact) mass is 195 g/mol. The van der Waals surface area contributed by atoms with Crippen LogP contribution in [0.2, 0.25) is 0 Å². The standard InChI is InChI=1S/C14H13N/c1-2-15-11-10-14(12-15)9-8-13-6-4-3-5-7-13/h2-12H,1H2/b9-8+. The zero-order chi connectivity index (χ0) is 10.5. The Labute approximate surface area is 90.0 Å². The van der Waals surface area contributed by atoms with Crippen LogP contribution < -0.4 is 0 Å². The molecule has 0 fully saturated rings. The predicted molar refractivity (Wildman–Crippen MR) is 66.2 cm³/mol. The zero-order valence-corrected chi connectivity index (χ0v) is 8.51. The van der Waals surface area contributed by atoms with Crippen LogP contribution in [-0.4, -0.2) is 4.57 Å². The minimum atomic E-state index is 1.18. The van der Waals surface area contributed by atoms with Crippen molar-refractivity contribution in [3.63, 3.8) is 0 Å². The first-order valence-corrected chi connectivity index (χ1v) is 4.91. The van der Waals surface area contributed by atoms with Gasteiger partial charge in [-0.15, -0.1) is 0 Å². The summed E-state index contributed by atoms with van der Waals surface area (Å²) in [5.74, 6) is 0. The Balaban J connectivity index is 2.15. The SMILES string of the molecule is C=Cn1ccc(/C=C/c2ccccc2)c1. The summed E-state index contributed by atoms with van der Waals surface area (Å²) in [6.07, 6.45) is 9.99. The maximum Gasteiger partial charge on any atom is 0.0155 e. The first kappa shape index (κ1) is 9.53. The molecule has 0 N–H and O–H groups in total. The minimum absolute atomic E-state index is 1.18. The van der Waals surface area contributed by atoms with Crippen LogP contribution in [0.5, 0.6) is 0 Å². The molecule has 0 atom stereocenters. The first-order chi connectivity index (χ1) is 7.38. The van der Waals surface area contributed by atoms with Crippen LogP contribution in [0, 0.1) is 0 Å². The van der Waals surface area contributed by atoms with E-state index >= 15 is 0 Å². The number of benzene rings is 1. The molecular formula is C14H13N. The lowest BCUT2D eigenvalue weighted by atomic mass is 10.2. The lowest BCUT2D eigenvalue weighted by Crippen LogP contribution is -1.74. The van der Waals surface area contributed by atoms with Gasteiger partial charge in [0.15, 0.2) is 0 Å². The Hall–Kier alpha value is -2.02. The number of hydrogen-bond donors (Lipinski definition) is 0. The maximum atomic E-state index is 3.70. The van der Waals surface area contributed by atoms with Crippen molar-refractivity contribution in [3.05, 3.63) is 66.5 Å². The molecular weight excluding hydrogens is 182 g/mol. The van der Waals surface area contributed by atoms with Crippen LogP contribution in [0.1, 0.15) is 11.1 Å². The average molecular weight is 195 g/mol. The molecule has 0 bridgehead atoms. The molecule has 1 aromatic heterocycles. The Kier molecular flexibility index (Phi) is 2.84. The fourth-order valence-corrected chi connectivity index (χ4v) is 1.40. The summed E-state index contributed by atoms with van der Waals surface area (Å²) in [4.78, 5) is 0. The third-order valence-electron chi connectivity index (χ3n) is 2.22. The summed E-state index contributed by atoms with van der Waals surface area (Å²) in [5.41, 5.74) is 2.39. The van der Waals surface area contributed by atoms with E-state index in [1.165, 1.54) is 11.1 Å². The van der Waals surface area contributed by atoms with Gasteiger partial charge in [-0.05, 0) is 17.2 Å². The van der Waals surface area contributed by atoms with Gasteiger partial charge in [-0.3, -0.25) is 0 Å². The van der Waals surface area contributed by atoms with Crippen molar-refractivity contribution in [2.24, 2.45) is 0 Å². The van der Waals surface area contributed by atoms with Crippen LogP contribution in [0.3, 0.4) is 0 Å². The van der Waals surface area contributed by atoms with Gasteiger partial charge >= 0.3 is 0 Å². The molecule has 74 valence electrons. The van der Waals surface area contributed by atoms with Crippen molar-refractivity contribution in [1.29, 1.82) is 0 Å². The molecule has 0 saturated carbocycles. The summed E-state index contributed by atoms with van der Waals surface area (Å²) in [5, 5.41) is 0. The summed E-state index contributed by atoms with van der Waals surface area (Å²) in [7, 11) is 0. The van der Waals surface area contributed by atoms with E-state index in [4.69, 9.17) is 0 Å². The quantitative estimate of drug-likeness (QED) is 0.702. The van der Waals surface area contributed by atoms with Gasteiger partial charge in [0.25, 0.3) is 0 Å². The highest BCUT2D eigenvalue weighted by molar-refractivity contribution is 5.69. The van der Waals surface area contributed by atoms with Crippen molar-refractivity contribution in [1.82, 2.24) is 4.57 Å². The highest BCUT2D eigenvalue weighted by atomic mass is 14.9. The highest BCUT2D eigenvalue weighted by Gasteiger charge is 1.89. The van der Waals surface area contributed by atoms with Crippen molar-refractivity contribution < 1.29 is 0 Å². The van der Waals surface area contributed by atoms with Gasteiger partial charge < -0.3 is 4.57 Å². The molecule has 1 aromatic carbocycles. The molecule has 1 heterocycles. The molecule has 0 spiro atoms. The van der Waals surface area contributed by atoms with Crippen LogP contribution in [0.25, 0.3) is 18.4 Å². The lowest BCUT2D eigenvalue weighted by Gasteiger charge is -1.90. The van der Waals surface area contributed by atoms with E-state index in [1.54, 1.807) is 6.20 Å². The van der Waals surface area contributed by atoms with Crippen LogP contribution in [0.15, 0.2) is 55.4 Å². The van der Waals surface area contributed by atoms with Crippen molar-refractivity contribution in [3.8, 4) is 0 Å². The van der Waals surface area contributed by atoms with E-state index in [0.29, 0.717) is 0 Å². The van der Waals surface area contributed by atoms with Gasteiger partial charge in [-0.2, -0.15) is 0 Å². The second kappa shape index (κ2) is 4.47. The molecule has 0 aliphatic heterocycles. The Bertz CT molecular complexity index is 463. The fourth-order valence-electron chi connectivity index (χ4n) is 1.40. The molecule has 2 rings (SSSR count). The summed E-state index contributed by atoms with van der Waals surface area (Å²) in [6, 6.07) is 12.3. The van der Waals surface area contributed by atoms with Gasteiger partial charge in [0.1, 0.15) is 0 Å². The predicted octanol–water partition coefficient (Wildman–Crippen LogP) is 3.76. The number of nitrogens with zero attached hydrogens (tertiary/aromatic N) is 1. The van der Waals surface area contributed by atoms with Crippen LogP contribution in [0.4, 0.5) is 0 Å². The number of aromatic nitrogens is 1. The first-order valence-electron chi connectivity index (χ1n) is 4.91. The van der Waals surface area contributed by atoms with Crippen molar-refractivity contribution in [2.75, 3.05) is 0 Å². The molecule has 0 aliphatic rings. The van der Waals surface area contributed by atoms with Gasteiger partial charge in [-0.1, -0.05) is 49.1 Å². The Morgan fingerprint density at radius 3 is 2.33 bits per heavy atom. The molecule has 0 radical (unpaired) electrons. The maximum absolute atomic E-state index is 3.70. The topological polar surface area (TPSA) is 4.93 Å². The van der Waals surface area contributed by atoms with Gasteiger partial charge in [0.2, 0.25) is 0 Å². The summed E-state index contributed by atoms with van der Waals surface area (Å²) in [6.45, 7) is 3.70. The van der Waals surface area contributed by atoms with Crippen molar-refractivity contribution in [2.45, 2.75) is 0 Å². The van der Waals surface area contributed by atoms with Crippen LogP contribution >= 0.6 is 0 Å². The minimum Gasteiger partial charge on any atom is -0.331 e. The van der Waals surface area contributed by atoms with E-state index in [9.17, 15) is 0 Å². The molecule has 1 heteroatoms. The summed E-state index contributed by atoms with van der Waals surface area (Å²) < 4.78 is 1.94. The third-order valence-corrected chi connectivity index (χ3v) is 2.22. The van der Waals surface area contributed by atoms with Gasteiger partial charge in [0.05, 0.1) is 0 Å². The molecule has 0 unspecified atom stereocenters. The summed E-state index contributed by atoms with van der Waals surface area (Å²) >= 11 is 0. The molecule has 0 amide bonds. The van der Waals surface area contributed by atoms with E-state index in [2.05, 4.69) is 36.9 Å². The fraction of sp³-hybridized carbons (Fsp3) is 0. The molecule has 1 nitrogen and oxygen atoms in total. The molecule has 15 heavy (non-hydrogen) atoms. The lowest BCUT2D eigenvalue weighted by molar-refractivity contribution is 1.17. The largest absolute Gasteiger partial charge is 0.331 e. The van der Waals surface area contributed by atoms with E-state index in [1.807, 2.05) is 35.2 Å². The second-order valence-corrected chi connectivity index (χ2v) is 3.32. The average Bonchev–Trinajstić information content (AvgIpc) is 2.76. The third kappa shape index (κ3) is 2.47. The zero-order valence-electron chi connectivity index (χ0n) is 8.51. The van der Waals surface area contributed by atoms with Gasteiger partial charge in [-0.25, -0.2) is 0 Å². The normalized spacial score (nSPS) is 10.7. The van der Waals surface area contributed by atoms with Crippen LogP contribution in [-0.2, 0) is 0 Å². The van der Waals surface area contributed by atoms with E-state index in [0.717, 1.165) is 0 Å². The highest BCUT2D eigenvalue weighted by Crippen LogP contribution is 2.08. The smallest absolute Gasteiger partial charge is 0.0155 e. The Morgan fingerprint density at radius 1 is 0.933 bits per heavy atom. The number of hydrogen-bond acceptors (Lipinski definition) is 0. The second-order valence-electron chi connectivity index (χ2n) is 3.32. The molecule has 0 saturated heterocycles. The van der Waals surface area contributed by atoms with Crippen molar-refractivity contribution >= 4 is 18.4 Å². The Morgan fingerprint density at radius 2 is 1.67 bits per heavy atom. The van der Waals surface area contributed by atoms with E-state index in [-0.39, 0.29) is 0 Å². The number of rotatable bonds is 3. The van der Waals surface area contributed by atoms with Gasteiger partial charge in [0, 0.05) is 18.6 Å². The molecule has 0 aliphatic carbocycles. The van der Waals surface area contributed by atoms with E-state index < -0.39 is 0 Å². The molecule has 2 aromatic rings.